The third-order valence-electron chi connectivity index (χ3n) is 7.91. The van der Waals surface area contributed by atoms with E-state index in [0.29, 0.717) is 5.82 Å². The molecule has 43 heavy (non-hydrogen) atoms. The summed E-state index contributed by atoms with van der Waals surface area (Å²) in [4.78, 5) is 10.4. The van der Waals surface area contributed by atoms with Crippen molar-refractivity contribution >= 4 is 31.5 Å². The largest absolute Gasteiger partial charge is 0.228 e. The zero-order chi connectivity index (χ0) is 28.6. The Morgan fingerprint density at radius 2 is 0.907 bits per heavy atom. The molecule has 0 aliphatic heterocycles. The summed E-state index contributed by atoms with van der Waals surface area (Å²) in [5.74, 6) is 0.716. The maximum absolute atomic E-state index is 5.27. The summed E-state index contributed by atoms with van der Waals surface area (Å²) < 4.78 is 2.53. The highest BCUT2D eigenvalue weighted by Crippen LogP contribution is 2.43. The quantitative estimate of drug-likeness (QED) is 0.207. The molecule has 0 saturated carbocycles. The number of aromatic nitrogens is 2. The molecule has 0 saturated heterocycles. The fraction of sp³-hybridized carbons (Fsp3) is 0. The van der Waals surface area contributed by atoms with Crippen LogP contribution in [0.1, 0.15) is 0 Å². The van der Waals surface area contributed by atoms with E-state index in [1.807, 2.05) is 23.5 Å². The van der Waals surface area contributed by atoms with Crippen molar-refractivity contribution in [3.8, 4) is 56.2 Å². The van der Waals surface area contributed by atoms with E-state index in [1.54, 1.807) is 0 Å². The van der Waals surface area contributed by atoms with E-state index in [0.717, 1.165) is 28.1 Å². The lowest BCUT2D eigenvalue weighted by Gasteiger charge is -2.13. The highest BCUT2D eigenvalue weighted by molar-refractivity contribution is 7.26. The molecule has 0 unspecified atom stereocenters. The molecule has 0 bridgehead atoms. The van der Waals surface area contributed by atoms with Gasteiger partial charge in [0.25, 0.3) is 0 Å². The lowest BCUT2D eigenvalue weighted by atomic mass is 9.96. The molecular weight excluding hydrogens is 541 g/mol. The van der Waals surface area contributed by atoms with E-state index in [1.165, 1.54) is 42.4 Å². The first-order valence-corrected chi connectivity index (χ1v) is 15.2. The van der Waals surface area contributed by atoms with Crippen LogP contribution in [-0.2, 0) is 0 Å². The molecule has 0 aliphatic carbocycles. The maximum Gasteiger partial charge on any atom is 0.160 e. The van der Waals surface area contributed by atoms with Crippen LogP contribution in [0.3, 0.4) is 0 Å². The van der Waals surface area contributed by atoms with Crippen molar-refractivity contribution < 1.29 is 0 Å². The van der Waals surface area contributed by atoms with Gasteiger partial charge in [-0.15, -0.1) is 11.3 Å². The van der Waals surface area contributed by atoms with Gasteiger partial charge in [0, 0.05) is 36.9 Å². The molecule has 0 atom stereocenters. The van der Waals surface area contributed by atoms with Crippen LogP contribution in [-0.4, -0.2) is 9.97 Å². The molecule has 2 nitrogen and oxygen atoms in total. The molecule has 8 aromatic rings. The van der Waals surface area contributed by atoms with Crippen molar-refractivity contribution in [1.29, 1.82) is 0 Å². The monoisotopic (exact) mass is 566 g/mol. The Kier molecular flexibility index (Phi) is 6.36. The molecule has 0 amide bonds. The number of benzene rings is 6. The molecular formula is C40H26N2S. The first kappa shape index (κ1) is 25.3. The van der Waals surface area contributed by atoms with E-state index in [9.17, 15) is 0 Å². The molecule has 6 aromatic carbocycles. The van der Waals surface area contributed by atoms with Gasteiger partial charge in [0.1, 0.15) is 0 Å². The number of hydrogen-bond donors (Lipinski definition) is 0. The fourth-order valence-corrected chi connectivity index (χ4v) is 6.94. The van der Waals surface area contributed by atoms with Crippen molar-refractivity contribution in [2.45, 2.75) is 0 Å². The van der Waals surface area contributed by atoms with Crippen LogP contribution in [0.5, 0.6) is 0 Å². The summed E-state index contributed by atoms with van der Waals surface area (Å²) in [5, 5.41) is 2.49. The minimum absolute atomic E-state index is 0.716. The van der Waals surface area contributed by atoms with Gasteiger partial charge in [-0.1, -0.05) is 133 Å². The summed E-state index contributed by atoms with van der Waals surface area (Å²) in [6, 6.07) is 55.5. The average Bonchev–Trinajstić information content (AvgIpc) is 3.47. The van der Waals surface area contributed by atoms with Gasteiger partial charge in [-0.05, 0) is 46.5 Å². The third-order valence-corrected chi connectivity index (χ3v) is 9.03. The van der Waals surface area contributed by atoms with E-state index < -0.39 is 0 Å². The van der Waals surface area contributed by atoms with E-state index >= 15 is 0 Å². The minimum Gasteiger partial charge on any atom is -0.228 e. The second-order valence-corrected chi connectivity index (χ2v) is 11.7. The van der Waals surface area contributed by atoms with Gasteiger partial charge in [0.15, 0.2) is 5.82 Å². The normalized spacial score (nSPS) is 11.3. The Hall–Kier alpha value is -5.38. The summed E-state index contributed by atoms with van der Waals surface area (Å²) in [7, 11) is 0. The highest BCUT2D eigenvalue weighted by atomic mass is 32.1. The standard InChI is InChI=1S/C40H26N2S/c1-4-12-27(13-5-1)29-20-22-31(23-21-29)40-41-35(30-16-8-3-9-17-30)26-36(42-40)34-24-32(28-14-6-2-7-15-28)25-38-39(34)33-18-10-11-19-37(33)43-38/h1-26H. The van der Waals surface area contributed by atoms with Gasteiger partial charge in [0.2, 0.25) is 0 Å². The van der Waals surface area contributed by atoms with E-state index in [4.69, 9.17) is 9.97 Å². The molecule has 2 aromatic heterocycles. The van der Waals surface area contributed by atoms with Gasteiger partial charge in [0.05, 0.1) is 11.4 Å². The van der Waals surface area contributed by atoms with Crippen LogP contribution in [0.25, 0.3) is 76.3 Å². The summed E-state index contributed by atoms with van der Waals surface area (Å²) >= 11 is 1.84. The summed E-state index contributed by atoms with van der Waals surface area (Å²) in [5.41, 5.74) is 9.75. The van der Waals surface area contributed by atoms with Crippen LogP contribution in [0, 0.1) is 0 Å². The molecule has 3 heteroatoms. The first-order valence-electron chi connectivity index (χ1n) is 14.4. The zero-order valence-corrected chi connectivity index (χ0v) is 24.1. The van der Waals surface area contributed by atoms with Crippen LogP contribution in [0.4, 0.5) is 0 Å². The summed E-state index contributed by atoms with van der Waals surface area (Å²) in [6.45, 7) is 0. The first-order chi connectivity index (χ1) is 21.3. The second kappa shape index (κ2) is 10.8. The minimum atomic E-state index is 0.716. The van der Waals surface area contributed by atoms with Crippen LogP contribution >= 0.6 is 11.3 Å². The van der Waals surface area contributed by atoms with Crippen molar-refractivity contribution in [3.63, 3.8) is 0 Å². The van der Waals surface area contributed by atoms with Gasteiger partial charge < -0.3 is 0 Å². The predicted molar refractivity (Wildman–Crippen MR) is 182 cm³/mol. The zero-order valence-electron chi connectivity index (χ0n) is 23.3. The SMILES string of the molecule is c1ccc(-c2ccc(-c3nc(-c4ccccc4)cc(-c4cc(-c5ccccc5)cc5sc6ccccc6c45)n3)cc2)cc1. The van der Waals surface area contributed by atoms with Gasteiger partial charge >= 0.3 is 0 Å². The lowest BCUT2D eigenvalue weighted by molar-refractivity contribution is 1.19. The Labute approximate surface area is 254 Å². The van der Waals surface area contributed by atoms with Crippen molar-refractivity contribution in [2.24, 2.45) is 0 Å². The molecule has 0 N–H and O–H groups in total. The topological polar surface area (TPSA) is 25.8 Å². The Bertz CT molecular complexity index is 2200. The van der Waals surface area contributed by atoms with E-state index in [-0.39, 0.29) is 0 Å². The summed E-state index contributed by atoms with van der Waals surface area (Å²) in [6.07, 6.45) is 0. The number of thiophene rings is 1. The van der Waals surface area contributed by atoms with Crippen molar-refractivity contribution in [1.82, 2.24) is 9.97 Å². The smallest absolute Gasteiger partial charge is 0.160 e. The lowest BCUT2D eigenvalue weighted by Crippen LogP contribution is -1.96. The molecule has 202 valence electrons. The van der Waals surface area contributed by atoms with Gasteiger partial charge in [-0.2, -0.15) is 0 Å². The van der Waals surface area contributed by atoms with Crippen LogP contribution in [0.15, 0.2) is 158 Å². The van der Waals surface area contributed by atoms with Crippen LogP contribution < -0.4 is 0 Å². The Morgan fingerprint density at radius 1 is 0.372 bits per heavy atom. The van der Waals surface area contributed by atoms with Crippen molar-refractivity contribution in [3.05, 3.63) is 158 Å². The van der Waals surface area contributed by atoms with Crippen LogP contribution in [0.2, 0.25) is 0 Å². The Morgan fingerprint density at radius 3 is 1.60 bits per heavy atom. The molecule has 8 rings (SSSR count). The molecule has 0 radical (unpaired) electrons. The number of nitrogens with zero attached hydrogens (tertiary/aromatic N) is 2. The average molecular weight is 567 g/mol. The number of fused-ring (bicyclic) bond motifs is 3. The van der Waals surface area contributed by atoms with E-state index in [2.05, 4.69) is 146 Å². The number of hydrogen-bond acceptors (Lipinski definition) is 3. The van der Waals surface area contributed by atoms with Gasteiger partial charge in [-0.25, -0.2) is 9.97 Å². The predicted octanol–water partition coefficient (Wildman–Crippen LogP) is 11.2. The molecule has 0 spiro atoms. The fourth-order valence-electron chi connectivity index (χ4n) is 5.77. The molecule has 2 heterocycles. The maximum atomic E-state index is 5.27. The highest BCUT2D eigenvalue weighted by Gasteiger charge is 2.17. The molecule has 0 aliphatic rings. The molecule has 0 fully saturated rings. The number of rotatable bonds is 5. The second-order valence-electron chi connectivity index (χ2n) is 10.6. The Balaban J connectivity index is 1.37. The third kappa shape index (κ3) is 4.80. The van der Waals surface area contributed by atoms with Crippen molar-refractivity contribution in [2.75, 3.05) is 0 Å². The van der Waals surface area contributed by atoms with Gasteiger partial charge in [-0.3, -0.25) is 0 Å².